The number of esters is 1. The second-order valence-electron chi connectivity index (χ2n) is 5.70. The summed E-state index contributed by atoms with van der Waals surface area (Å²) in [6.07, 6.45) is 1.07. The highest BCUT2D eigenvalue weighted by Crippen LogP contribution is 2.21. The molecule has 5 heteroatoms. The van der Waals surface area contributed by atoms with Gasteiger partial charge in [0.15, 0.2) is 6.29 Å². The van der Waals surface area contributed by atoms with Crippen molar-refractivity contribution in [2.24, 2.45) is 5.92 Å². The molecule has 0 aliphatic heterocycles. The van der Waals surface area contributed by atoms with Crippen molar-refractivity contribution in [1.29, 1.82) is 0 Å². The molecule has 0 amide bonds. The standard InChI is InChI=1S/C20H31NO4/c1-6-23-19(22)14-18(15(4)20(24-7-2)25-8-3)21-16(5)17-12-10-9-11-13-17/h9-16,20-21H,6-8H2,1-5H3/b18-14-/t15?,16-/m0/s1. The molecule has 1 aromatic rings. The normalized spacial score (nSPS) is 14.2. The Balaban J connectivity index is 3.00. The molecule has 0 radical (unpaired) electrons. The molecule has 0 aliphatic rings. The molecule has 0 bridgehead atoms. The summed E-state index contributed by atoms with van der Waals surface area (Å²) in [6, 6.07) is 10.1. The molecule has 5 nitrogen and oxygen atoms in total. The maximum Gasteiger partial charge on any atom is 0.332 e. The van der Waals surface area contributed by atoms with Crippen LogP contribution in [0.2, 0.25) is 0 Å². The fraction of sp³-hybridized carbons (Fsp3) is 0.550. The van der Waals surface area contributed by atoms with Crippen LogP contribution in [0.4, 0.5) is 0 Å². The summed E-state index contributed by atoms with van der Waals surface area (Å²) >= 11 is 0. The Hall–Kier alpha value is -1.85. The van der Waals surface area contributed by atoms with Gasteiger partial charge in [-0.25, -0.2) is 4.79 Å². The predicted octanol–water partition coefficient (Wildman–Crippen LogP) is 3.82. The van der Waals surface area contributed by atoms with Gasteiger partial charge in [-0.05, 0) is 33.3 Å². The van der Waals surface area contributed by atoms with E-state index in [2.05, 4.69) is 12.2 Å². The minimum Gasteiger partial charge on any atom is -0.463 e. The van der Waals surface area contributed by atoms with Gasteiger partial charge in [-0.2, -0.15) is 0 Å². The van der Waals surface area contributed by atoms with Crippen LogP contribution >= 0.6 is 0 Å². The van der Waals surface area contributed by atoms with Crippen LogP contribution in [0.1, 0.15) is 46.2 Å². The Bertz CT molecular complexity index is 524. The van der Waals surface area contributed by atoms with Crippen LogP contribution in [-0.2, 0) is 19.0 Å². The summed E-state index contributed by atoms with van der Waals surface area (Å²) in [5.74, 6) is -0.515. The average Bonchev–Trinajstić information content (AvgIpc) is 2.61. The molecule has 2 atom stereocenters. The summed E-state index contributed by atoms with van der Waals surface area (Å²) in [7, 11) is 0. The van der Waals surface area contributed by atoms with Gasteiger partial charge in [0.2, 0.25) is 0 Å². The number of hydrogen-bond donors (Lipinski definition) is 1. The summed E-state index contributed by atoms with van der Waals surface area (Å²) in [5.41, 5.74) is 1.87. The fourth-order valence-electron chi connectivity index (χ4n) is 2.50. The van der Waals surface area contributed by atoms with Crippen LogP contribution in [0.25, 0.3) is 0 Å². The van der Waals surface area contributed by atoms with Crippen molar-refractivity contribution in [1.82, 2.24) is 5.32 Å². The molecule has 0 saturated heterocycles. The Kier molecular flexibility index (Phi) is 9.88. The average molecular weight is 349 g/mol. The van der Waals surface area contributed by atoms with Crippen molar-refractivity contribution < 1.29 is 19.0 Å². The number of carbonyl (C=O) groups excluding carboxylic acids is 1. The van der Waals surface area contributed by atoms with E-state index in [9.17, 15) is 4.79 Å². The van der Waals surface area contributed by atoms with Crippen LogP contribution in [0.5, 0.6) is 0 Å². The van der Waals surface area contributed by atoms with Crippen LogP contribution in [-0.4, -0.2) is 32.1 Å². The van der Waals surface area contributed by atoms with E-state index in [1.807, 2.05) is 51.1 Å². The summed E-state index contributed by atoms with van der Waals surface area (Å²) < 4.78 is 16.5. The van der Waals surface area contributed by atoms with Gasteiger partial charge >= 0.3 is 5.97 Å². The lowest BCUT2D eigenvalue weighted by Crippen LogP contribution is -2.33. The Labute approximate surface area is 151 Å². The lowest BCUT2D eigenvalue weighted by molar-refractivity contribution is -0.157. The van der Waals surface area contributed by atoms with Crippen molar-refractivity contribution in [3.8, 4) is 0 Å². The molecule has 0 aliphatic carbocycles. The third kappa shape index (κ3) is 7.28. The lowest BCUT2D eigenvalue weighted by atomic mass is 10.0. The summed E-state index contributed by atoms with van der Waals surface area (Å²) in [6.45, 7) is 11.1. The predicted molar refractivity (Wildman–Crippen MR) is 98.9 cm³/mol. The van der Waals surface area contributed by atoms with Crippen LogP contribution in [0, 0.1) is 5.92 Å². The number of carbonyl (C=O) groups is 1. The maximum atomic E-state index is 12.0. The second kappa shape index (κ2) is 11.7. The number of ether oxygens (including phenoxy) is 3. The zero-order valence-corrected chi connectivity index (χ0v) is 16.0. The van der Waals surface area contributed by atoms with Gasteiger partial charge in [-0.1, -0.05) is 37.3 Å². The van der Waals surface area contributed by atoms with Gasteiger partial charge in [-0.15, -0.1) is 0 Å². The third-order valence-corrected chi connectivity index (χ3v) is 3.80. The highest BCUT2D eigenvalue weighted by molar-refractivity contribution is 5.82. The molecule has 25 heavy (non-hydrogen) atoms. The first kappa shape index (κ1) is 21.2. The van der Waals surface area contributed by atoms with E-state index >= 15 is 0 Å². The van der Waals surface area contributed by atoms with Crippen molar-refractivity contribution in [3.05, 3.63) is 47.7 Å². The van der Waals surface area contributed by atoms with E-state index in [-0.39, 0.29) is 17.9 Å². The number of nitrogens with one attached hydrogen (secondary N) is 1. The van der Waals surface area contributed by atoms with Crippen LogP contribution in [0.15, 0.2) is 42.1 Å². The van der Waals surface area contributed by atoms with Crippen LogP contribution in [0.3, 0.4) is 0 Å². The first-order chi connectivity index (χ1) is 12.0. The number of benzene rings is 1. The number of hydrogen-bond acceptors (Lipinski definition) is 5. The Morgan fingerprint density at radius 3 is 2.16 bits per heavy atom. The van der Waals surface area contributed by atoms with Crippen molar-refractivity contribution in [2.75, 3.05) is 19.8 Å². The smallest absolute Gasteiger partial charge is 0.332 e. The van der Waals surface area contributed by atoms with E-state index in [4.69, 9.17) is 14.2 Å². The Morgan fingerprint density at radius 2 is 1.64 bits per heavy atom. The molecular weight excluding hydrogens is 318 g/mol. The lowest BCUT2D eigenvalue weighted by Gasteiger charge is -2.28. The Morgan fingerprint density at radius 1 is 1.04 bits per heavy atom. The first-order valence-corrected chi connectivity index (χ1v) is 8.96. The molecule has 1 N–H and O–H groups in total. The van der Waals surface area contributed by atoms with Gasteiger partial charge in [0.05, 0.1) is 6.61 Å². The molecule has 1 aromatic carbocycles. The van der Waals surface area contributed by atoms with Crippen molar-refractivity contribution >= 4 is 5.97 Å². The van der Waals surface area contributed by atoms with Crippen LogP contribution < -0.4 is 5.32 Å². The topological polar surface area (TPSA) is 56.8 Å². The molecule has 1 rings (SSSR count). The molecule has 0 aromatic heterocycles. The zero-order valence-electron chi connectivity index (χ0n) is 16.0. The summed E-state index contributed by atoms with van der Waals surface area (Å²) in [5, 5.41) is 3.42. The van der Waals surface area contributed by atoms with Gasteiger partial charge < -0.3 is 19.5 Å². The second-order valence-corrected chi connectivity index (χ2v) is 5.70. The maximum absolute atomic E-state index is 12.0. The number of rotatable bonds is 11. The molecule has 0 fully saturated rings. The van der Waals surface area contributed by atoms with Gasteiger partial charge in [0, 0.05) is 36.9 Å². The van der Waals surface area contributed by atoms with E-state index in [1.165, 1.54) is 6.08 Å². The van der Waals surface area contributed by atoms with E-state index in [0.717, 1.165) is 11.3 Å². The fourth-order valence-corrected chi connectivity index (χ4v) is 2.50. The zero-order chi connectivity index (χ0) is 18.7. The van der Waals surface area contributed by atoms with E-state index in [1.54, 1.807) is 6.92 Å². The summed E-state index contributed by atoms with van der Waals surface area (Å²) in [4.78, 5) is 12.0. The van der Waals surface area contributed by atoms with Crippen molar-refractivity contribution in [2.45, 2.75) is 47.0 Å². The van der Waals surface area contributed by atoms with E-state index < -0.39 is 6.29 Å². The van der Waals surface area contributed by atoms with Gasteiger partial charge in [-0.3, -0.25) is 0 Å². The monoisotopic (exact) mass is 349 g/mol. The SMILES string of the molecule is CCOC(=O)/C=C(\N[C@@H](C)c1ccccc1)C(C)C(OCC)OCC. The highest BCUT2D eigenvalue weighted by atomic mass is 16.7. The molecule has 140 valence electrons. The molecular formula is C20H31NO4. The van der Waals surface area contributed by atoms with Gasteiger partial charge in [0.1, 0.15) is 0 Å². The molecule has 0 saturated carbocycles. The first-order valence-electron chi connectivity index (χ1n) is 8.96. The molecule has 1 unspecified atom stereocenters. The molecule has 0 spiro atoms. The van der Waals surface area contributed by atoms with E-state index in [0.29, 0.717) is 19.8 Å². The quantitative estimate of drug-likeness (QED) is 0.374. The third-order valence-electron chi connectivity index (χ3n) is 3.80. The highest BCUT2D eigenvalue weighted by Gasteiger charge is 2.24. The molecule has 0 heterocycles. The van der Waals surface area contributed by atoms with Crippen molar-refractivity contribution in [3.63, 3.8) is 0 Å². The largest absolute Gasteiger partial charge is 0.463 e. The van der Waals surface area contributed by atoms with Gasteiger partial charge in [0.25, 0.3) is 0 Å². The minimum absolute atomic E-state index is 0.0354. The minimum atomic E-state index is -0.425.